The molecule has 1 aromatic carbocycles. The highest BCUT2D eigenvalue weighted by atomic mass is 35.5. The molecule has 8 nitrogen and oxygen atoms in total. The van der Waals surface area contributed by atoms with Gasteiger partial charge in [-0.3, -0.25) is 23.9 Å². The second-order valence-corrected chi connectivity index (χ2v) is 5.59. The molecule has 0 radical (unpaired) electrons. The maximum Gasteiger partial charge on any atom is 0.328 e. The Bertz CT molecular complexity index is 890. The maximum atomic E-state index is 12.0. The van der Waals surface area contributed by atoms with Gasteiger partial charge in [0, 0.05) is 23.8 Å². The van der Waals surface area contributed by atoms with Gasteiger partial charge in [0.1, 0.15) is 6.54 Å². The lowest BCUT2D eigenvalue weighted by Gasteiger charge is -2.14. The van der Waals surface area contributed by atoms with E-state index in [4.69, 9.17) is 16.3 Å². The maximum absolute atomic E-state index is 12.0. The largest absolute Gasteiger partial charge is 0.451 e. The van der Waals surface area contributed by atoms with Crippen LogP contribution in [0.25, 0.3) is 0 Å². The van der Waals surface area contributed by atoms with E-state index in [2.05, 4.69) is 5.32 Å². The van der Waals surface area contributed by atoms with Crippen LogP contribution in [-0.2, 0) is 27.4 Å². The summed E-state index contributed by atoms with van der Waals surface area (Å²) in [5, 5.41) is 3.13. The smallest absolute Gasteiger partial charge is 0.328 e. The lowest BCUT2D eigenvalue weighted by molar-refractivity contribution is -0.155. The highest BCUT2D eigenvalue weighted by Crippen LogP contribution is 2.14. The molecule has 0 saturated heterocycles. The van der Waals surface area contributed by atoms with E-state index >= 15 is 0 Å². The average Bonchev–Trinajstić information content (AvgIpc) is 2.56. The number of hydrogen-bond donors (Lipinski definition) is 2. The molecule has 1 amide bonds. The van der Waals surface area contributed by atoms with Crippen LogP contribution in [0.15, 0.2) is 46.1 Å². The third-order valence-electron chi connectivity index (χ3n) is 3.28. The van der Waals surface area contributed by atoms with Gasteiger partial charge in [0.05, 0.1) is 0 Å². The van der Waals surface area contributed by atoms with E-state index < -0.39 is 35.8 Å². The second-order valence-electron chi connectivity index (χ2n) is 5.18. The van der Waals surface area contributed by atoms with Gasteiger partial charge in [-0.05, 0) is 18.6 Å². The van der Waals surface area contributed by atoms with Crippen molar-refractivity contribution >= 4 is 23.5 Å². The van der Waals surface area contributed by atoms with Crippen LogP contribution < -0.4 is 16.6 Å². The summed E-state index contributed by atoms with van der Waals surface area (Å²) in [5.41, 5.74) is -0.571. The summed E-state index contributed by atoms with van der Waals surface area (Å²) in [4.78, 5) is 48.3. The highest BCUT2D eigenvalue weighted by Gasteiger charge is 2.18. The van der Waals surface area contributed by atoms with Crippen molar-refractivity contribution in [1.82, 2.24) is 14.9 Å². The number of hydrogen-bond acceptors (Lipinski definition) is 5. The molecular weight excluding hydrogens is 350 g/mol. The number of halogens is 1. The number of ether oxygens (including phenoxy) is 1. The van der Waals surface area contributed by atoms with Crippen molar-refractivity contribution in [3.05, 3.63) is 68.0 Å². The molecule has 2 rings (SSSR count). The lowest BCUT2D eigenvalue weighted by atomic mass is 10.2. The molecule has 0 aliphatic rings. The van der Waals surface area contributed by atoms with Gasteiger partial charge in [0.15, 0.2) is 6.10 Å². The zero-order valence-electron chi connectivity index (χ0n) is 13.3. The number of esters is 1. The van der Waals surface area contributed by atoms with Crippen molar-refractivity contribution in [2.24, 2.45) is 0 Å². The molecule has 1 aromatic heterocycles. The van der Waals surface area contributed by atoms with Gasteiger partial charge < -0.3 is 10.1 Å². The SMILES string of the molecule is C[C@@H](OC(=O)Cn1ccc(=O)[nH]c1=O)C(=O)NCc1ccccc1Cl. The minimum atomic E-state index is -1.05. The van der Waals surface area contributed by atoms with Crippen LogP contribution in [0, 0.1) is 0 Å². The molecule has 25 heavy (non-hydrogen) atoms. The number of aromatic nitrogens is 2. The topological polar surface area (TPSA) is 110 Å². The van der Waals surface area contributed by atoms with Crippen LogP contribution in [0.2, 0.25) is 5.02 Å². The van der Waals surface area contributed by atoms with Crippen molar-refractivity contribution < 1.29 is 14.3 Å². The van der Waals surface area contributed by atoms with E-state index in [9.17, 15) is 19.2 Å². The van der Waals surface area contributed by atoms with Crippen LogP contribution in [0.5, 0.6) is 0 Å². The average molecular weight is 366 g/mol. The first kappa shape index (κ1) is 18.5. The lowest BCUT2D eigenvalue weighted by Crippen LogP contribution is -2.37. The number of nitrogens with one attached hydrogen (secondary N) is 2. The van der Waals surface area contributed by atoms with E-state index in [1.165, 1.54) is 13.1 Å². The Morgan fingerprint density at radius 2 is 2.00 bits per heavy atom. The fourth-order valence-electron chi connectivity index (χ4n) is 1.96. The molecule has 0 aliphatic heterocycles. The summed E-state index contributed by atoms with van der Waals surface area (Å²) in [6.07, 6.45) is 0.123. The van der Waals surface area contributed by atoms with Crippen LogP contribution >= 0.6 is 11.6 Å². The molecule has 9 heteroatoms. The minimum absolute atomic E-state index is 0.194. The molecule has 2 aromatic rings. The van der Waals surface area contributed by atoms with Gasteiger partial charge in [0.2, 0.25) is 0 Å². The number of benzene rings is 1. The first-order chi connectivity index (χ1) is 11.9. The van der Waals surface area contributed by atoms with E-state index in [0.29, 0.717) is 5.02 Å². The molecule has 0 saturated carbocycles. The fourth-order valence-corrected chi connectivity index (χ4v) is 2.17. The summed E-state index contributed by atoms with van der Waals surface area (Å²) in [6, 6.07) is 8.14. The van der Waals surface area contributed by atoms with E-state index in [-0.39, 0.29) is 6.54 Å². The molecule has 0 unspecified atom stereocenters. The Labute approximate surface area is 147 Å². The summed E-state index contributed by atoms with van der Waals surface area (Å²) in [5.74, 6) is -1.28. The van der Waals surface area contributed by atoms with Crippen LogP contribution in [0.4, 0.5) is 0 Å². The Kier molecular flexibility index (Phi) is 6.13. The minimum Gasteiger partial charge on any atom is -0.451 e. The first-order valence-electron chi connectivity index (χ1n) is 7.37. The summed E-state index contributed by atoms with van der Waals surface area (Å²) in [7, 11) is 0. The van der Waals surface area contributed by atoms with Gasteiger partial charge in [0.25, 0.3) is 11.5 Å². The molecular formula is C16H16ClN3O5. The molecule has 132 valence electrons. The molecule has 0 spiro atoms. The summed E-state index contributed by atoms with van der Waals surface area (Å²) in [6.45, 7) is 1.19. The zero-order valence-corrected chi connectivity index (χ0v) is 14.1. The van der Waals surface area contributed by atoms with Crippen molar-refractivity contribution in [1.29, 1.82) is 0 Å². The Balaban J connectivity index is 1.87. The Hall–Kier alpha value is -2.87. The van der Waals surface area contributed by atoms with Gasteiger partial charge in [-0.2, -0.15) is 0 Å². The summed E-state index contributed by atoms with van der Waals surface area (Å²) >= 11 is 5.99. The number of aromatic amines is 1. The van der Waals surface area contributed by atoms with Crippen LogP contribution in [0.1, 0.15) is 12.5 Å². The standard InChI is InChI=1S/C16H16ClN3O5/c1-10(15(23)18-8-11-4-2-3-5-12(11)17)25-14(22)9-20-7-6-13(21)19-16(20)24/h2-7,10H,8-9H2,1H3,(H,18,23)(H,19,21,24)/t10-/m1/s1. The third kappa shape index (κ3) is 5.32. The molecule has 0 aliphatic carbocycles. The van der Waals surface area contributed by atoms with Gasteiger partial charge >= 0.3 is 11.7 Å². The number of carbonyl (C=O) groups is 2. The van der Waals surface area contributed by atoms with Gasteiger partial charge in [-0.15, -0.1) is 0 Å². The third-order valence-corrected chi connectivity index (χ3v) is 3.65. The Morgan fingerprint density at radius 1 is 1.28 bits per heavy atom. The van der Waals surface area contributed by atoms with Crippen LogP contribution in [-0.4, -0.2) is 27.5 Å². The predicted octanol–water partition coefficient (Wildman–Crippen LogP) is 0.438. The van der Waals surface area contributed by atoms with Gasteiger partial charge in [-0.1, -0.05) is 29.8 Å². The Morgan fingerprint density at radius 3 is 2.68 bits per heavy atom. The van der Waals surface area contributed by atoms with Crippen molar-refractivity contribution in [2.75, 3.05) is 0 Å². The molecule has 0 bridgehead atoms. The monoisotopic (exact) mass is 365 g/mol. The quantitative estimate of drug-likeness (QED) is 0.722. The molecule has 1 heterocycles. The second kappa shape index (κ2) is 8.29. The normalized spacial score (nSPS) is 11.6. The van der Waals surface area contributed by atoms with E-state index in [1.54, 1.807) is 24.3 Å². The number of amides is 1. The highest BCUT2D eigenvalue weighted by molar-refractivity contribution is 6.31. The van der Waals surface area contributed by atoms with E-state index in [1.807, 2.05) is 4.98 Å². The van der Waals surface area contributed by atoms with Gasteiger partial charge in [-0.25, -0.2) is 4.79 Å². The number of carbonyl (C=O) groups excluding carboxylic acids is 2. The molecule has 1 atom stereocenters. The zero-order chi connectivity index (χ0) is 18.4. The van der Waals surface area contributed by atoms with Crippen LogP contribution in [0.3, 0.4) is 0 Å². The number of nitrogens with zero attached hydrogens (tertiary/aromatic N) is 1. The number of H-pyrrole nitrogens is 1. The number of rotatable bonds is 6. The molecule has 2 N–H and O–H groups in total. The fraction of sp³-hybridized carbons (Fsp3) is 0.250. The first-order valence-corrected chi connectivity index (χ1v) is 7.75. The van der Waals surface area contributed by atoms with Crippen molar-refractivity contribution in [3.63, 3.8) is 0 Å². The predicted molar refractivity (Wildman–Crippen MR) is 90.2 cm³/mol. The summed E-state index contributed by atoms with van der Waals surface area (Å²) < 4.78 is 5.95. The van der Waals surface area contributed by atoms with E-state index in [0.717, 1.165) is 16.2 Å². The molecule has 0 fully saturated rings. The van der Waals surface area contributed by atoms with Crippen molar-refractivity contribution in [2.45, 2.75) is 26.1 Å². The van der Waals surface area contributed by atoms with Crippen molar-refractivity contribution in [3.8, 4) is 0 Å².